The molecule has 2 aliphatic heterocycles. The highest BCUT2D eigenvalue weighted by Gasteiger charge is 2.48. The molecule has 1 unspecified atom stereocenters. The van der Waals surface area contributed by atoms with Gasteiger partial charge in [-0.1, -0.05) is 17.4 Å². The Balaban J connectivity index is 1.44. The first-order valence-electron chi connectivity index (χ1n) is 9.34. The number of piperidine rings is 1. The summed E-state index contributed by atoms with van der Waals surface area (Å²) in [7, 11) is 1.83. The smallest absolute Gasteiger partial charge is 0.208 e. The Morgan fingerprint density at radius 3 is 2.81 bits per heavy atom. The molecule has 1 spiro atoms. The van der Waals surface area contributed by atoms with E-state index in [9.17, 15) is 0 Å². The maximum Gasteiger partial charge on any atom is 0.208 e. The summed E-state index contributed by atoms with van der Waals surface area (Å²) in [6.07, 6.45) is 6.22. The lowest BCUT2D eigenvalue weighted by molar-refractivity contribution is 0.0762. The number of aryl methyl sites for hydroxylation is 1. The van der Waals surface area contributed by atoms with Crippen molar-refractivity contribution in [2.24, 2.45) is 11.3 Å². The number of rotatable bonds is 5. The summed E-state index contributed by atoms with van der Waals surface area (Å²) in [5, 5.41) is 10.6. The lowest BCUT2D eigenvalue weighted by atomic mass is 9.71. The number of likely N-dealkylation sites (tertiary alicyclic amines) is 1. The van der Waals surface area contributed by atoms with Gasteiger partial charge in [-0.3, -0.25) is 9.88 Å². The third kappa shape index (κ3) is 3.61. The Morgan fingerprint density at radius 1 is 1.31 bits per heavy atom. The number of ether oxygens (including phenoxy) is 1. The maximum absolute atomic E-state index is 5.59. The highest BCUT2D eigenvalue weighted by Crippen LogP contribution is 2.46. The Hall–Kier alpha value is -1.57. The van der Waals surface area contributed by atoms with Gasteiger partial charge in [0.25, 0.3) is 0 Å². The molecule has 0 saturated carbocycles. The van der Waals surface area contributed by atoms with Crippen LogP contribution in [0.1, 0.15) is 23.4 Å². The number of anilines is 1. The van der Waals surface area contributed by atoms with Gasteiger partial charge in [0.15, 0.2) is 0 Å². The van der Waals surface area contributed by atoms with Crippen molar-refractivity contribution >= 4 is 16.5 Å². The molecule has 4 rings (SSSR count). The zero-order valence-corrected chi connectivity index (χ0v) is 16.4. The highest BCUT2D eigenvalue weighted by atomic mass is 32.1. The first-order valence-corrected chi connectivity index (χ1v) is 10.2. The normalized spacial score (nSPS) is 23.0. The molecule has 0 aliphatic carbocycles. The number of pyridine rings is 1. The van der Waals surface area contributed by atoms with Crippen LogP contribution in [-0.4, -0.2) is 60.0 Å². The number of nitrogens with zero attached hydrogens (tertiary/aromatic N) is 5. The number of hydrogen-bond donors (Lipinski definition) is 0. The van der Waals surface area contributed by atoms with Crippen molar-refractivity contribution in [3.8, 4) is 0 Å². The third-order valence-corrected chi connectivity index (χ3v) is 6.82. The minimum Gasteiger partial charge on any atom is -0.384 e. The standard InChI is InChI=1S/C19H27N5OS/c1-15-21-22-18(26-15)24-8-5-19(6-9-24)14-23(12-17(19)13-25-2)11-16-4-3-7-20-10-16/h3-4,7,10,17H,5-6,8-9,11-14H2,1-2H3. The molecule has 0 radical (unpaired) electrons. The second kappa shape index (κ2) is 7.58. The van der Waals surface area contributed by atoms with Gasteiger partial charge < -0.3 is 9.64 Å². The molecule has 0 aromatic carbocycles. The van der Waals surface area contributed by atoms with Crippen molar-refractivity contribution in [3.63, 3.8) is 0 Å². The summed E-state index contributed by atoms with van der Waals surface area (Å²) >= 11 is 1.70. The van der Waals surface area contributed by atoms with Crippen LogP contribution in [0.15, 0.2) is 24.5 Å². The van der Waals surface area contributed by atoms with E-state index in [1.807, 2.05) is 32.5 Å². The fourth-order valence-corrected chi connectivity index (χ4v) is 5.31. The summed E-state index contributed by atoms with van der Waals surface area (Å²) in [5.41, 5.74) is 1.65. The second-order valence-electron chi connectivity index (χ2n) is 7.64. The van der Waals surface area contributed by atoms with E-state index in [-0.39, 0.29) is 0 Å². The molecule has 7 heteroatoms. The number of hydrogen-bond acceptors (Lipinski definition) is 7. The van der Waals surface area contributed by atoms with E-state index >= 15 is 0 Å². The lowest BCUT2D eigenvalue weighted by Crippen LogP contribution is -2.45. The first-order chi connectivity index (χ1) is 12.7. The van der Waals surface area contributed by atoms with Crippen LogP contribution in [0.4, 0.5) is 5.13 Å². The molecule has 2 fully saturated rings. The maximum atomic E-state index is 5.59. The van der Waals surface area contributed by atoms with E-state index in [0.717, 1.165) is 49.5 Å². The minimum atomic E-state index is 0.356. The van der Waals surface area contributed by atoms with Crippen molar-refractivity contribution in [2.75, 3.05) is 44.8 Å². The molecular formula is C19H27N5OS. The van der Waals surface area contributed by atoms with E-state index in [0.29, 0.717) is 11.3 Å². The van der Waals surface area contributed by atoms with Crippen LogP contribution in [0.5, 0.6) is 0 Å². The van der Waals surface area contributed by atoms with Gasteiger partial charge in [0.1, 0.15) is 5.01 Å². The van der Waals surface area contributed by atoms with Gasteiger partial charge in [-0.2, -0.15) is 0 Å². The quantitative estimate of drug-likeness (QED) is 0.803. The van der Waals surface area contributed by atoms with Gasteiger partial charge >= 0.3 is 0 Å². The number of aromatic nitrogens is 3. The van der Waals surface area contributed by atoms with Gasteiger partial charge in [-0.15, -0.1) is 10.2 Å². The van der Waals surface area contributed by atoms with E-state index in [2.05, 4.69) is 31.0 Å². The Bertz CT molecular complexity index is 714. The predicted molar refractivity (Wildman–Crippen MR) is 103 cm³/mol. The van der Waals surface area contributed by atoms with Crippen LogP contribution in [0.25, 0.3) is 0 Å². The topological polar surface area (TPSA) is 54.4 Å². The average molecular weight is 374 g/mol. The summed E-state index contributed by atoms with van der Waals surface area (Å²) in [6, 6.07) is 4.19. The summed E-state index contributed by atoms with van der Waals surface area (Å²) in [6.45, 7) is 8.25. The zero-order chi connectivity index (χ0) is 18.0. The molecule has 4 heterocycles. The molecule has 0 N–H and O–H groups in total. The Kier molecular flexibility index (Phi) is 5.20. The van der Waals surface area contributed by atoms with Crippen molar-refractivity contribution < 1.29 is 4.74 Å². The molecule has 6 nitrogen and oxygen atoms in total. The van der Waals surface area contributed by atoms with Crippen LogP contribution in [0.3, 0.4) is 0 Å². The molecule has 0 bridgehead atoms. The van der Waals surface area contributed by atoms with E-state index in [4.69, 9.17) is 4.74 Å². The predicted octanol–water partition coefficient (Wildman–Crippen LogP) is 2.61. The van der Waals surface area contributed by atoms with E-state index in [1.54, 1.807) is 11.3 Å². The minimum absolute atomic E-state index is 0.356. The fourth-order valence-electron chi connectivity index (χ4n) is 4.57. The average Bonchev–Trinajstić information content (AvgIpc) is 3.22. The van der Waals surface area contributed by atoms with Gasteiger partial charge in [-0.05, 0) is 36.8 Å². The second-order valence-corrected chi connectivity index (χ2v) is 8.80. The van der Waals surface area contributed by atoms with E-state index < -0.39 is 0 Å². The molecule has 1 atom stereocenters. The van der Waals surface area contributed by atoms with Crippen molar-refractivity contribution in [1.29, 1.82) is 0 Å². The van der Waals surface area contributed by atoms with Crippen LogP contribution >= 0.6 is 11.3 Å². The molecule has 2 aliphatic rings. The summed E-state index contributed by atoms with van der Waals surface area (Å²) < 4.78 is 5.59. The summed E-state index contributed by atoms with van der Waals surface area (Å²) in [5.74, 6) is 0.600. The molecular weight excluding hydrogens is 346 g/mol. The highest BCUT2D eigenvalue weighted by molar-refractivity contribution is 7.15. The zero-order valence-electron chi connectivity index (χ0n) is 15.6. The Morgan fingerprint density at radius 2 is 2.15 bits per heavy atom. The van der Waals surface area contributed by atoms with Crippen molar-refractivity contribution in [3.05, 3.63) is 35.1 Å². The fraction of sp³-hybridized carbons (Fsp3) is 0.632. The monoisotopic (exact) mass is 373 g/mol. The van der Waals surface area contributed by atoms with Crippen molar-refractivity contribution in [1.82, 2.24) is 20.1 Å². The largest absolute Gasteiger partial charge is 0.384 e. The van der Waals surface area contributed by atoms with Crippen molar-refractivity contribution in [2.45, 2.75) is 26.3 Å². The summed E-state index contributed by atoms with van der Waals surface area (Å²) in [4.78, 5) is 9.26. The van der Waals surface area contributed by atoms with Crippen LogP contribution in [0, 0.1) is 18.3 Å². The number of methoxy groups -OCH3 is 1. The van der Waals surface area contributed by atoms with Gasteiger partial charge in [-0.25, -0.2) is 0 Å². The first kappa shape index (κ1) is 17.8. The molecule has 2 aromatic rings. The van der Waals surface area contributed by atoms with Crippen LogP contribution in [-0.2, 0) is 11.3 Å². The van der Waals surface area contributed by atoms with Crippen LogP contribution < -0.4 is 4.90 Å². The lowest BCUT2D eigenvalue weighted by Gasteiger charge is -2.42. The Labute approximate surface area is 159 Å². The molecule has 2 aromatic heterocycles. The molecule has 140 valence electrons. The van der Waals surface area contributed by atoms with Gasteiger partial charge in [0.05, 0.1) is 6.61 Å². The van der Waals surface area contributed by atoms with Crippen LogP contribution in [0.2, 0.25) is 0 Å². The third-order valence-electron chi connectivity index (χ3n) is 5.93. The van der Waals surface area contributed by atoms with Gasteiger partial charge in [0.2, 0.25) is 5.13 Å². The SMILES string of the molecule is COCC1CN(Cc2cccnc2)CC12CCN(c1nnc(C)s1)CC2. The van der Waals surface area contributed by atoms with Gasteiger partial charge in [0, 0.05) is 58.1 Å². The molecule has 0 amide bonds. The van der Waals surface area contributed by atoms with E-state index in [1.165, 1.54) is 18.4 Å². The molecule has 26 heavy (non-hydrogen) atoms. The molecule has 2 saturated heterocycles.